The number of rotatable bonds is 3. The number of amides is 2. The van der Waals surface area contributed by atoms with Gasteiger partial charge in [0, 0.05) is 22.9 Å². The molecule has 0 spiro atoms. The zero-order chi connectivity index (χ0) is 17.7. The van der Waals surface area contributed by atoms with Crippen LogP contribution in [-0.2, 0) is 5.41 Å². The Morgan fingerprint density at radius 1 is 1.04 bits per heavy atom. The van der Waals surface area contributed by atoms with Crippen LogP contribution in [0, 0.1) is 0 Å². The molecule has 0 aliphatic rings. The highest BCUT2D eigenvalue weighted by molar-refractivity contribution is 6.00. The number of carbonyl (C=O) groups is 2. The van der Waals surface area contributed by atoms with Crippen LogP contribution >= 0.6 is 0 Å². The van der Waals surface area contributed by atoms with Crippen molar-refractivity contribution < 1.29 is 14.3 Å². The van der Waals surface area contributed by atoms with Crippen molar-refractivity contribution in [3.63, 3.8) is 0 Å². The molecule has 0 fully saturated rings. The van der Waals surface area contributed by atoms with E-state index in [1.54, 1.807) is 42.6 Å². The first-order chi connectivity index (χ1) is 11.3. The maximum atomic E-state index is 12.2. The zero-order valence-electron chi connectivity index (χ0n) is 14.2. The minimum absolute atomic E-state index is 0.170. The molecule has 0 unspecified atom stereocenters. The Hall–Kier alpha value is -2.89. The van der Waals surface area contributed by atoms with Crippen molar-refractivity contribution in [2.24, 2.45) is 0 Å². The second kappa shape index (κ2) is 7.12. The van der Waals surface area contributed by atoms with Gasteiger partial charge in [-0.15, -0.1) is 0 Å². The Morgan fingerprint density at radius 3 is 2.38 bits per heavy atom. The number of hydrogen-bond acceptors (Lipinski definition) is 4. The Balaban J connectivity index is 2.07. The predicted octanol–water partition coefficient (Wildman–Crippen LogP) is 2.46. The lowest BCUT2D eigenvalue weighted by atomic mass is 9.91. The van der Waals surface area contributed by atoms with E-state index in [9.17, 15) is 9.59 Å². The number of nitrogens with one attached hydrogen (secondary N) is 2. The highest BCUT2D eigenvalue weighted by Crippen LogP contribution is 2.20. The summed E-state index contributed by atoms with van der Waals surface area (Å²) >= 11 is 0. The molecule has 0 aliphatic heterocycles. The minimum Gasteiger partial charge on any atom is -0.496 e. The number of hydrazine groups is 1. The van der Waals surface area contributed by atoms with Gasteiger partial charge in [0.05, 0.1) is 12.7 Å². The van der Waals surface area contributed by atoms with Crippen molar-refractivity contribution in [3.8, 4) is 5.75 Å². The monoisotopic (exact) mass is 327 g/mol. The van der Waals surface area contributed by atoms with Gasteiger partial charge in [0.1, 0.15) is 5.75 Å². The summed E-state index contributed by atoms with van der Waals surface area (Å²) < 4.78 is 5.13. The maximum absolute atomic E-state index is 12.2. The van der Waals surface area contributed by atoms with E-state index in [1.165, 1.54) is 7.11 Å². The SMILES string of the molecule is COc1ccccc1C(=O)NNC(=O)c1ccnc(C(C)(C)C)c1. The number of methoxy groups -OCH3 is 1. The second-order valence-electron chi connectivity index (χ2n) is 6.29. The lowest BCUT2D eigenvalue weighted by Gasteiger charge is -2.18. The van der Waals surface area contributed by atoms with Crippen LogP contribution in [0.5, 0.6) is 5.75 Å². The van der Waals surface area contributed by atoms with Crippen molar-refractivity contribution >= 4 is 11.8 Å². The van der Waals surface area contributed by atoms with Gasteiger partial charge in [-0.3, -0.25) is 25.4 Å². The van der Waals surface area contributed by atoms with Crippen molar-refractivity contribution in [2.45, 2.75) is 26.2 Å². The van der Waals surface area contributed by atoms with Crippen molar-refractivity contribution in [1.82, 2.24) is 15.8 Å². The third kappa shape index (κ3) is 4.10. The van der Waals surface area contributed by atoms with Gasteiger partial charge in [0.15, 0.2) is 0 Å². The van der Waals surface area contributed by atoms with Gasteiger partial charge in [0.2, 0.25) is 0 Å². The standard InChI is InChI=1S/C18H21N3O3/c1-18(2,3)15-11-12(9-10-19-15)16(22)20-21-17(23)13-7-5-6-8-14(13)24-4/h5-11H,1-4H3,(H,20,22)(H,21,23). The van der Waals surface area contributed by atoms with Crippen LogP contribution in [0.3, 0.4) is 0 Å². The fourth-order valence-electron chi connectivity index (χ4n) is 2.07. The summed E-state index contributed by atoms with van der Waals surface area (Å²) in [5.74, 6) is -0.430. The average Bonchev–Trinajstić information content (AvgIpc) is 2.58. The van der Waals surface area contributed by atoms with Crippen LogP contribution in [-0.4, -0.2) is 23.9 Å². The highest BCUT2D eigenvalue weighted by Gasteiger charge is 2.18. The summed E-state index contributed by atoms with van der Waals surface area (Å²) in [7, 11) is 1.48. The van der Waals surface area contributed by atoms with Crippen LogP contribution in [0.4, 0.5) is 0 Å². The van der Waals surface area contributed by atoms with E-state index in [1.807, 2.05) is 20.8 Å². The third-order valence-electron chi connectivity index (χ3n) is 3.43. The summed E-state index contributed by atoms with van der Waals surface area (Å²) in [5, 5.41) is 0. The van der Waals surface area contributed by atoms with Crippen LogP contribution in [0.1, 0.15) is 47.2 Å². The number of nitrogens with zero attached hydrogens (tertiary/aromatic N) is 1. The summed E-state index contributed by atoms with van der Waals surface area (Å²) in [6.07, 6.45) is 1.58. The molecule has 0 saturated carbocycles. The zero-order valence-corrected chi connectivity index (χ0v) is 14.2. The molecule has 2 rings (SSSR count). The molecule has 126 valence electrons. The normalized spacial score (nSPS) is 10.8. The Labute approximate surface area is 141 Å². The number of carbonyl (C=O) groups excluding carboxylic acids is 2. The molecule has 1 heterocycles. The minimum atomic E-state index is -0.453. The van der Waals surface area contributed by atoms with E-state index in [0.717, 1.165) is 5.69 Å². The molecule has 1 aromatic heterocycles. The summed E-state index contributed by atoms with van der Waals surface area (Å²) in [4.78, 5) is 28.7. The fourth-order valence-corrected chi connectivity index (χ4v) is 2.07. The van der Waals surface area contributed by atoms with Gasteiger partial charge in [0.25, 0.3) is 11.8 Å². The number of benzene rings is 1. The molecule has 6 heteroatoms. The number of hydrogen-bond donors (Lipinski definition) is 2. The Morgan fingerprint density at radius 2 is 1.71 bits per heavy atom. The van der Waals surface area contributed by atoms with Crippen LogP contribution in [0.25, 0.3) is 0 Å². The Bertz CT molecular complexity index is 751. The van der Waals surface area contributed by atoms with Crippen LogP contribution in [0.2, 0.25) is 0 Å². The summed E-state index contributed by atoms with van der Waals surface area (Å²) in [5.41, 5.74) is 6.19. The summed E-state index contributed by atoms with van der Waals surface area (Å²) in [6, 6.07) is 10.1. The van der Waals surface area contributed by atoms with Crippen molar-refractivity contribution in [1.29, 1.82) is 0 Å². The van der Waals surface area contributed by atoms with Crippen molar-refractivity contribution in [3.05, 3.63) is 59.4 Å². The number of para-hydroxylation sites is 1. The second-order valence-corrected chi connectivity index (χ2v) is 6.29. The van der Waals surface area contributed by atoms with Gasteiger partial charge in [-0.25, -0.2) is 0 Å². The van der Waals surface area contributed by atoms with Gasteiger partial charge in [-0.05, 0) is 24.3 Å². The van der Waals surface area contributed by atoms with E-state index < -0.39 is 11.8 Å². The van der Waals surface area contributed by atoms with Gasteiger partial charge in [-0.1, -0.05) is 32.9 Å². The number of ether oxygens (including phenoxy) is 1. The molecule has 0 saturated heterocycles. The molecule has 2 aromatic rings. The molecule has 0 bridgehead atoms. The molecule has 0 radical (unpaired) electrons. The molecule has 0 atom stereocenters. The highest BCUT2D eigenvalue weighted by atomic mass is 16.5. The lowest BCUT2D eigenvalue weighted by Crippen LogP contribution is -2.41. The molecule has 1 aromatic carbocycles. The third-order valence-corrected chi connectivity index (χ3v) is 3.43. The molecule has 24 heavy (non-hydrogen) atoms. The molecule has 2 amide bonds. The molecule has 0 aliphatic carbocycles. The van der Waals surface area contributed by atoms with Gasteiger partial charge >= 0.3 is 0 Å². The van der Waals surface area contributed by atoms with Gasteiger partial charge < -0.3 is 4.74 Å². The van der Waals surface area contributed by atoms with Crippen LogP contribution in [0.15, 0.2) is 42.6 Å². The quantitative estimate of drug-likeness (QED) is 0.849. The van der Waals surface area contributed by atoms with E-state index in [0.29, 0.717) is 16.9 Å². The van der Waals surface area contributed by atoms with E-state index >= 15 is 0 Å². The first-order valence-corrected chi connectivity index (χ1v) is 7.53. The number of pyridine rings is 1. The van der Waals surface area contributed by atoms with Crippen LogP contribution < -0.4 is 15.6 Å². The lowest BCUT2D eigenvalue weighted by molar-refractivity contribution is 0.0844. The van der Waals surface area contributed by atoms with E-state index in [4.69, 9.17) is 4.74 Å². The molecular formula is C18H21N3O3. The summed E-state index contributed by atoms with van der Waals surface area (Å²) in [6.45, 7) is 6.04. The molecular weight excluding hydrogens is 306 g/mol. The topological polar surface area (TPSA) is 80.3 Å². The number of aromatic nitrogens is 1. The Kier molecular flexibility index (Phi) is 5.18. The van der Waals surface area contributed by atoms with E-state index in [-0.39, 0.29) is 5.41 Å². The largest absolute Gasteiger partial charge is 0.496 e. The predicted molar refractivity (Wildman–Crippen MR) is 90.9 cm³/mol. The average molecular weight is 327 g/mol. The molecule has 2 N–H and O–H groups in total. The molecule has 6 nitrogen and oxygen atoms in total. The van der Waals surface area contributed by atoms with E-state index in [2.05, 4.69) is 15.8 Å². The van der Waals surface area contributed by atoms with Gasteiger partial charge in [-0.2, -0.15) is 0 Å². The smallest absolute Gasteiger partial charge is 0.273 e. The fraction of sp³-hybridized carbons (Fsp3) is 0.278. The maximum Gasteiger partial charge on any atom is 0.273 e. The first kappa shape index (κ1) is 17.5. The van der Waals surface area contributed by atoms with Crippen molar-refractivity contribution in [2.75, 3.05) is 7.11 Å². The first-order valence-electron chi connectivity index (χ1n) is 7.53.